The van der Waals surface area contributed by atoms with Gasteiger partial charge in [0.2, 0.25) is 0 Å². The fraction of sp³-hybridized carbons (Fsp3) is 0.500. The molecule has 1 amide bonds. The molecule has 0 saturated carbocycles. The lowest BCUT2D eigenvalue weighted by atomic mass is 9.99. The number of rotatable bonds is 8. The maximum Gasteiger partial charge on any atom is 0.290 e. The average molecular weight is 404 g/mol. The summed E-state index contributed by atoms with van der Waals surface area (Å²) in [5, 5.41) is 8.69. The Balaban J connectivity index is 2.02. The highest BCUT2D eigenvalue weighted by molar-refractivity contribution is 7.80. The number of aromatic nitrogens is 2. The number of nitrogens with one attached hydrogen (secondary N) is 3. The third-order valence-electron chi connectivity index (χ3n) is 4.77. The Morgan fingerprint density at radius 1 is 1.18 bits per heavy atom. The van der Waals surface area contributed by atoms with Gasteiger partial charge < -0.3 is 5.32 Å². The molecule has 2 rings (SSSR count). The fourth-order valence-electron chi connectivity index (χ4n) is 3.01. The molecule has 7 nitrogen and oxygen atoms in total. The van der Waals surface area contributed by atoms with Crippen molar-refractivity contribution in [1.29, 1.82) is 0 Å². The van der Waals surface area contributed by atoms with Gasteiger partial charge in [0.25, 0.3) is 11.5 Å². The molecule has 1 aromatic heterocycles. The van der Waals surface area contributed by atoms with Crippen molar-refractivity contribution in [3.8, 4) is 0 Å². The number of carbonyl (C=O) groups is 1. The number of benzene rings is 1. The first-order chi connectivity index (χ1) is 13.5. The second-order valence-corrected chi connectivity index (χ2v) is 7.13. The quantitative estimate of drug-likeness (QED) is 0.464. The van der Waals surface area contributed by atoms with E-state index in [-0.39, 0.29) is 11.3 Å². The van der Waals surface area contributed by atoms with Crippen molar-refractivity contribution in [2.75, 3.05) is 6.54 Å². The summed E-state index contributed by atoms with van der Waals surface area (Å²) in [5.41, 5.74) is 5.27. The first-order valence-electron chi connectivity index (χ1n) is 9.85. The Kier molecular flexibility index (Phi) is 8.38. The summed E-state index contributed by atoms with van der Waals surface area (Å²) in [6, 6.07) is 6.96. The van der Waals surface area contributed by atoms with Crippen LogP contribution in [0, 0.1) is 5.92 Å². The number of nitrogens with zero attached hydrogens (tertiary/aromatic N) is 2. The molecule has 3 N–H and O–H groups in total. The van der Waals surface area contributed by atoms with Gasteiger partial charge in [-0.2, -0.15) is 5.10 Å². The van der Waals surface area contributed by atoms with Crippen molar-refractivity contribution >= 4 is 34.0 Å². The molecule has 8 heteroatoms. The van der Waals surface area contributed by atoms with Gasteiger partial charge in [-0.3, -0.25) is 20.4 Å². The minimum atomic E-state index is -0.444. The van der Waals surface area contributed by atoms with Gasteiger partial charge in [0.15, 0.2) is 10.8 Å². The first kappa shape index (κ1) is 21.8. The van der Waals surface area contributed by atoms with E-state index in [1.807, 2.05) is 6.92 Å². The highest BCUT2D eigenvalue weighted by atomic mass is 32.1. The smallest absolute Gasteiger partial charge is 0.290 e. The Morgan fingerprint density at radius 3 is 2.54 bits per heavy atom. The molecular formula is C20H29N5O2S. The molecule has 1 heterocycles. The molecule has 0 radical (unpaired) electrons. The van der Waals surface area contributed by atoms with Crippen LogP contribution in [0.3, 0.4) is 0 Å². The van der Waals surface area contributed by atoms with Gasteiger partial charge in [0.05, 0.1) is 5.39 Å². The summed E-state index contributed by atoms with van der Waals surface area (Å²) in [6.45, 7) is 7.30. The summed E-state index contributed by atoms with van der Waals surface area (Å²) in [7, 11) is 0. The maximum atomic E-state index is 12.6. The third kappa shape index (κ3) is 5.51. The van der Waals surface area contributed by atoms with Gasteiger partial charge in [0, 0.05) is 18.5 Å². The van der Waals surface area contributed by atoms with E-state index in [0.29, 0.717) is 28.3 Å². The van der Waals surface area contributed by atoms with E-state index in [0.717, 1.165) is 19.4 Å². The lowest BCUT2D eigenvalue weighted by molar-refractivity contribution is 0.0938. The van der Waals surface area contributed by atoms with E-state index in [9.17, 15) is 9.59 Å². The van der Waals surface area contributed by atoms with E-state index in [4.69, 9.17) is 12.2 Å². The normalized spacial score (nSPS) is 11.8. The van der Waals surface area contributed by atoms with Crippen molar-refractivity contribution in [1.82, 2.24) is 25.9 Å². The number of hydrazine groups is 1. The molecule has 0 aliphatic carbocycles. The van der Waals surface area contributed by atoms with Crippen LogP contribution in [0.4, 0.5) is 0 Å². The number of carbonyl (C=O) groups excluding carboxylic acids is 1. The Morgan fingerprint density at radius 2 is 1.89 bits per heavy atom. The van der Waals surface area contributed by atoms with Crippen LogP contribution in [-0.4, -0.2) is 27.3 Å². The fourth-order valence-corrected chi connectivity index (χ4v) is 3.15. The zero-order chi connectivity index (χ0) is 20.5. The monoisotopic (exact) mass is 403 g/mol. The summed E-state index contributed by atoms with van der Waals surface area (Å²) < 4.78 is 1.29. The molecule has 0 aliphatic heterocycles. The lowest BCUT2D eigenvalue weighted by Crippen LogP contribution is -2.48. The molecule has 0 unspecified atom stereocenters. The van der Waals surface area contributed by atoms with Crippen LogP contribution < -0.4 is 21.7 Å². The maximum absolute atomic E-state index is 12.6. The topological polar surface area (TPSA) is 88.0 Å². The lowest BCUT2D eigenvalue weighted by Gasteiger charge is -2.17. The van der Waals surface area contributed by atoms with Crippen LogP contribution in [0.1, 0.15) is 56.9 Å². The van der Waals surface area contributed by atoms with Gasteiger partial charge in [-0.15, -0.1) is 0 Å². The third-order valence-corrected chi connectivity index (χ3v) is 5.01. The van der Waals surface area contributed by atoms with Crippen molar-refractivity contribution in [2.45, 2.75) is 53.0 Å². The van der Waals surface area contributed by atoms with E-state index in [1.165, 1.54) is 17.5 Å². The van der Waals surface area contributed by atoms with Gasteiger partial charge in [-0.25, -0.2) is 4.68 Å². The number of aryl methyl sites for hydroxylation is 1. The van der Waals surface area contributed by atoms with Gasteiger partial charge in [-0.05, 0) is 37.5 Å². The SMILES string of the molecule is CCCC[C@@H](CC)CNC(=S)NNC(=O)c1nn(CC)c(=O)c2ccccc12. The Bertz CT molecular complexity index is 881. The number of thiocarbonyl (C=S) groups is 1. The number of fused-ring (bicyclic) bond motifs is 1. The van der Waals surface area contributed by atoms with Gasteiger partial charge in [0.1, 0.15) is 0 Å². The van der Waals surface area contributed by atoms with Crippen molar-refractivity contribution < 1.29 is 4.79 Å². The van der Waals surface area contributed by atoms with Crippen LogP contribution >= 0.6 is 12.2 Å². The van der Waals surface area contributed by atoms with Crippen molar-refractivity contribution in [3.63, 3.8) is 0 Å². The largest absolute Gasteiger partial charge is 0.361 e. The molecule has 0 bridgehead atoms. The van der Waals surface area contributed by atoms with Crippen LogP contribution in [0.2, 0.25) is 0 Å². The summed E-state index contributed by atoms with van der Waals surface area (Å²) in [6.07, 6.45) is 4.61. The molecule has 28 heavy (non-hydrogen) atoms. The number of unbranched alkanes of at least 4 members (excludes halogenated alkanes) is 1. The van der Waals surface area contributed by atoms with Crippen LogP contribution in [0.5, 0.6) is 0 Å². The first-order valence-corrected chi connectivity index (χ1v) is 10.3. The summed E-state index contributed by atoms with van der Waals surface area (Å²) in [4.78, 5) is 25.0. The molecule has 0 saturated heterocycles. The highest BCUT2D eigenvalue weighted by Crippen LogP contribution is 2.13. The highest BCUT2D eigenvalue weighted by Gasteiger charge is 2.16. The molecular weight excluding hydrogens is 374 g/mol. The number of amides is 1. The van der Waals surface area contributed by atoms with Crippen LogP contribution in [-0.2, 0) is 6.54 Å². The predicted octanol–water partition coefficient (Wildman–Crippen LogP) is 2.74. The van der Waals surface area contributed by atoms with E-state index < -0.39 is 5.91 Å². The molecule has 2 aromatic rings. The summed E-state index contributed by atoms with van der Waals surface area (Å²) >= 11 is 5.25. The zero-order valence-electron chi connectivity index (χ0n) is 16.7. The second kappa shape index (κ2) is 10.8. The average Bonchev–Trinajstić information content (AvgIpc) is 2.72. The molecule has 0 spiro atoms. The Labute approximate surface area is 170 Å². The molecule has 0 fully saturated rings. The minimum absolute atomic E-state index is 0.182. The second-order valence-electron chi connectivity index (χ2n) is 6.72. The Hall–Kier alpha value is -2.48. The van der Waals surface area contributed by atoms with Crippen molar-refractivity contribution in [3.05, 3.63) is 40.3 Å². The van der Waals surface area contributed by atoms with Gasteiger partial charge in [-0.1, -0.05) is 51.3 Å². The number of hydrogen-bond acceptors (Lipinski definition) is 4. The molecule has 0 aliphatic rings. The van der Waals surface area contributed by atoms with Crippen LogP contribution in [0.25, 0.3) is 10.8 Å². The zero-order valence-corrected chi connectivity index (χ0v) is 17.6. The van der Waals surface area contributed by atoms with Crippen LogP contribution in [0.15, 0.2) is 29.1 Å². The number of hydrogen-bond donors (Lipinski definition) is 3. The molecule has 152 valence electrons. The predicted molar refractivity (Wildman–Crippen MR) is 116 cm³/mol. The minimum Gasteiger partial charge on any atom is -0.361 e. The molecule has 1 atom stereocenters. The van der Waals surface area contributed by atoms with E-state index >= 15 is 0 Å². The van der Waals surface area contributed by atoms with E-state index in [2.05, 4.69) is 35.1 Å². The van der Waals surface area contributed by atoms with Gasteiger partial charge >= 0.3 is 0 Å². The molecule has 1 aromatic carbocycles. The standard InChI is InChI=1S/C20H29N5O2S/c1-4-7-10-14(5-2)13-21-20(28)23-22-18(26)17-15-11-8-9-12-16(15)19(27)25(6-3)24-17/h8-9,11-12,14H,4-7,10,13H2,1-3H3,(H,22,26)(H2,21,23,28)/t14-/m1/s1. The summed E-state index contributed by atoms with van der Waals surface area (Å²) in [5.74, 6) is 0.106. The van der Waals surface area contributed by atoms with E-state index in [1.54, 1.807) is 24.3 Å². The van der Waals surface area contributed by atoms with Crippen molar-refractivity contribution in [2.24, 2.45) is 5.92 Å².